The summed E-state index contributed by atoms with van der Waals surface area (Å²) in [6.45, 7) is 10.6. The average Bonchev–Trinajstić information content (AvgIpc) is 2.87. The van der Waals surface area contributed by atoms with E-state index in [1.54, 1.807) is 6.08 Å². The predicted octanol–water partition coefficient (Wildman–Crippen LogP) is 3.28. The Kier molecular flexibility index (Phi) is 8.28. The summed E-state index contributed by atoms with van der Waals surface area (Å²) >= 11 is 0. The zero-order valence-corrected chi connectivity index (χ0v) is 13.4. The fraction of sp³-hybridized carbons (Fsp3) is 0.706. The second kappa shape index (κ2) is 9.76. The molecular formula is C17H30N2O. The van der Waals surface area contributed by atoms with Crippen molar-refractivity contribution in [2.75, 3.05) is 26.2 Å². The quantitative estimate of drug-likeness (QED) is 0.420. The van der Waals surface area contributed by atoms with Gasteiger partial charge in [0, 0.05) is 12.6 Å². The van der Waals surface area contributed by atoms with Crippen LogP contribution < -0.4 is 5.32 Å². The lowest BCUT2D eigenvalue weighted by Gasteiger charge is -2.13. The largest absolute Gasteiger partial charge is 0.353 e. The van der Waals surface area contributed by atoms with Gasteiger partial charge in [0.15, 0.2) is 0 Å². The molecule has 1 amide bonds. The van der Waals surface area contributed by atoms with Gasteiger partial charge in [0.25, 0.3) is 0 Å². The minimum absolute atomic E-state index is 0.0566. The van der Waals surface area contributed by atoms with Crippen molar-refractivity contribution in [1.82, 2.24) is 10.2 Å². The van der Waals surface area contributed by atoms with Crippen molar-refractivity contribution in [3.8, 4) is 0 Å². The van der Waals surface area contributed by atoms with Crippen molar-refractivity contribution in [3.63, 3.8) is 0 Å². The van der Waals surface area contributed by atoms with Gasteiger partial charge in [0.2, 0.25) is 5.91 Å². The molecule has 0 aromatic carbocycles. The first-order valence-corrected chi connectivity index (χ1v) is 7.88. The number of allylic oxidation sites excluding steroid dienone is 3. The van der Waals surface area contributed by atoms with Crippen LogP contribution in [0.2, 0.25) is 0 Å². The molecule has 0 atom stereocenters. The highest BCUT2D eigenvalue weighted by Gasteiger charge is 2.10. The molecule has 1 fully saturated rings. The second-order valence-electron chi connectivity index (χ2n) is 6.00. The van der Waals surface area contributed by atoms with E-state index in [4.69, 9.17) is 0 Å². The smallest absolute Gasteiger partial charge is 0.243 e. The summed E-state index contributed by atoms with van der Waals surface area (Å²) in [5, 5.41) is 2.98. The Hall–Kier alpha value is -1.09. The van der Waals surface area contributed by atoms with E-state index < -0.39 is 0 Å². The van der Waals surface area contributed by atoms with E-state index in [0.717, 1.165) is 37.9 Å². The van der Waals surface area contributed by atoms with Crippen LogP contribution >= 0.6 is 0 Å². The maximum atomic E-state index is 11.7. The number of nitrogens with one attached hydrogen (secondary N) is 1. The van der Waals surface area contributed by atoms with E-state index in [1.165, 1.54) is 31.5 Å². The molecule has 0 aromatic rings. The summed E-state index contributed by atoms with van der Waals surface area (Å²) in [7, 11) is 0. The number of hydrogen-bond donors (Lipinski definition) is 1. The SMILES string of the molecule is CC(C)=CCC/C(C)=C/C(=O)NCCCN1CCCC1. The molecule has 0 aromatic heterocycles. The number of carbonyl (C=O) groups excluding carboxylic acids is 1. The van der Waals surface area contributed by atoms with Gasteiger partial charge in [-0.25, -0.2) is 0 Å². The van der Waals surface area contributed by atoms with E-state index in [-0.39, 0.29) is 5.91 Å². The van der Waals surface area contributed by atoms with Gasteiger partial charge in [-0.3, -0.25) is 4.79 Å². The summed E-state index contributed by atoms with van der Waals surface area (Å²) in [6.07, 6.45) is 9.66. The van der Waals surface area contributed by atoms with Crippen LogP contribution in [0.1, 0.15) is 52.9 Å². The van der Waals surface area contributed by atoms with Gasteiger partial charge in [-0.15, -0.1) is 0 Å². The maximum Gasteiger partial charge on any atom is 0.243 e. The van der Waals surface area contributed by atoms with Crippen LogP contribution in [-0.2, 0) is 4.79 Å². The Bertz CT molecular complexity index is 348. The van der Waals surface area contributed by atoms with Gasteiger partial charge in [0.05, 0.1) is 0 Å². The fourth-order valence-electron chi connectivity index (χ4n) is 2.46. The van der Waals surface area contributed by atoms with Crippen molar-refractivity contribution in [2.45, 2.75) is 52.9 Å². The van der Waals surface area contributed by atoms with Crippen LogP contribution in [0.4, 0.5) is 0 Å². The van der Waals surface area contributed by atoms with E-state index in [0.29, 0.717) is 0 Å². The Morgan fingerprint density at radius 2 is 1.90 bits per heavy atom. The number of rotatable bonds is 8. The highest BCUT2D eigenvalue weighted by molar-refractivity contribution is 5.88. The highest BCUT2D eigenvalue weighted by atomic mass is 16.1. The summed E-state index contributed by atoms with van der Waals surface area (Å²) in [5.41, 5.74) is 2.49. The molecule has 0 spiro atoms. The molecule has 114 valence electrons. The monoisotopic (exact) mass is 278 g/mol. The minimum Gasteiger partial charge on any atom is -0.353 e. The molecule has 3 nitrogen and oxygen atoms in total. The molecule has 1 aliphatic rings. The summed E-state index contributed by atoms with van der Waals surface area (Å²) in [5.74, 6) is 0.0566. The molecule has 1 N–H and O–H groups in total. The molecule has 0 bridgehead atoms. The maximum absolute atomic E-state index is 11.7. The summed E-state index contributed by atoms with van der Waals surface area (Å²) in [4.78, 5) is 14.2. The third kappa shape index (κ3) is 8.16. The Balaban J connectivity index is 2.10. The van der Waals surface area contributed by atoms with Crippen LogP contribution in [0.5, 0.6) is 0 Å². The number of likely N-dealkylation sites (tertiary alicyclic amines) is 1. The Morgan fingerprint density at radius 3 is 2.55 bits per heavy atom. The predicted molar refractivity (Wildman–Crippen MR) is 85.7 cm³/mol. The van der Waals surface area contributed by atoms with Gasteiger partial charge in [-0.2, -0.15) is 0 Å². The Morgan fingerprint density at radius 1 is 1.20 bits per heavy atom. The lowest BCUT2D eigenvalue weighted by molar-refractivity contribution is -0.116. The van der Waals surface area contributed by atoms with Crippen LogP contribution in [0.25, 0.3) is 0 Å². The molecule has 1 saturated heterocycles. The lowest BCUT2D eigenvalue weighted by atomic mass is 10.1. The molecule has 20 heavy (non-hydrogen) atoms. The van der Waals surface area contributed by atoms with Crippen molar-refractivity contribution in [1.29, 1.82) is 0 Å². The number of hydrogen-bond acceptors (Lipinski definition) is 2. The molecule has 3 heteroatoms. The lowest BCUT2D eigenvalue weighted by Crippen LogP contribution is -2.27. The van der Waals surface area contributed by atoms with Crippen LogP contribution in [0, 0.1) is 0 Å². The van der Waals surface area contributed by atoms with Crippen molar-refractivity contribution >= 4 is 5.91 Å². The molecular weight excluding hydrogens is 248 g/mol. The normalized spacial score (nSPS) is 16.2. The van der Waals surface area contributed by atoms with Crippen LogP contribution in [-0.4, -0.2) is 37.0 Å². The zero-order chi connectivity index (χ0) is 14.8. The number of nitrogens with zero attached hydrogens (tertiary/aromatic N) is 1. The molecule has 1 aliphatic heterocycles. The third-order valence-electron chi connectivity index (χ3n) is 3.62. The van der Waals surface area contributed by atoms with E-state index in [9.17, 15) is 4.79 Å². The van der Waals surface area contributed by atoms with Crippen LogP contribution in [0.3, 0.4) is 0 Å². The molecule has 0 unspecified atom stereocenters. The first kappa shape index (κ1) is 17.0. The second-order valence-corrected chi connectivity index (χ2v) is 6.00. The molecule has 0 aliphatic carbocycles. The fourth-order valence-corrected chi connectivity index (χ4v) is 2.46. The minimum atomic E-state index is 0.0566. The number of amides is 1. The van der Waals surface area contributed by atoms with E-state index in [1.807, 2.05) is 6.92 Å². The molecule has 0 radical (unpaired) electrons. The summed E-state index contributed by atoms with van der Waals surface area (Å²) in [6, 6.07) is 0. The van der Waals surface area contributed by atoms with Crippen molar-refractivity contribution in [3.05, 3.63) is 23.3 Å². The molecule has 1 rings (SSSR count). The van der Waals surface area contributed by atoms with Gasteiger partial charge in [-0.05, 0) is 72.5 Å². The average molecular weight is 278 g/mol. The van der Waals surface area contributed by atoms with E-state index in [2.05, 4.69) is 30.1 Å². The molecule has 0 saturated carbocycles. The topological polar surface area (TPSA) is 32.3 Å². The summed E-state index contributed by atoms with van der Waals surface area (Å²) < 4.78 is 0. The van der Waals surface area contributed by atoms with Gasteiger partial charge >= 0.3 is 0 Å². The van der Waals surface area contributed by atoms with Crippen molar-refractivity contribution < 1.29 is 4.79 Å². The number of carbonyl (C=O) groups is 1. The third-order valence-corrected chi connectivity index (χ3v) is 3.62. The zero-order valence-electron chi connectivity index (χ0n) is 13.4. The highest BCUT2D eigenvalue weighted by Crippen LogP contribution is 2.07. The van der Waals surface area contributed by atoms with Gasteiger partial charge in [0.1, 0.15) is 0 Å². The van der Waals surface area contributed by atoms with Crippen molar-refractivity contribution in [2.24, 2.45) is 0 Å². The van der Waals surface area contributed by atoms with Gasteiger partial charge < -0.3 is 10.2 Å². The molecule has 1 heterocycles. The first-order chi connectivity index (χ1) is 9.58. The Labute approximate surface area is 124 Å². The standard InChI is InChI=1S/C17H30N2O/c1-15(2)8-6-9-16(3)14-17(20)18-10-7-13-19-11-4-5-12-19/h8,14H,4-7,9-13H2,1-3H3,(H,18,20)/b16-14+. The van der Waals surface area contributed by atoms with E-state index >= 15 is 0 Å². The van der Waals surface area contributed by atoms with Gasteiger partial charge in [-0.1, -0.05) is 17.2 Å². The first-order valence-electron chi connectivity index (χ1n) is 7.88. The van der Waals surface area contributed by atoms with Crippen LogP contribution in [0.15, 0.2) is 23.3 Å².